The Hall–Kier alpha value is -6.31. The number of nitrogens with one attached hydrogen (secondary N) is 5. The van der Waals surface area contributed by atoms with E-state index in [1.165, 1.54) is 17.8 Å². The second-order valence-electron chi connectivity index (χ2n) is 17.3. The first kappa shape index (κ1) is 57.3. The number of H-pyrrole nitrogens is 1. The highest BCUT2D eigenvalue weighted by molar-refractivity contribution is 8.77. The van der Waals surface area contributed by atoms with E-state index in [4.69, 9.17) is 9.47 Å². The molecule has 21 nitrogen and oxygen atoms in total. The van der Waals surface area contributed by atoms with Crippen LogP contribution in [0.25, 0.3) is 11.2 Å². The SMILES string of the molecule is CC[C@@H]1C[C@@H](OC(=O)CCC(=O)NC)CN1C(=O)CCC(C)(C)SSCCNC(=O)CC[C@H](NC(=O)c1ccc(N(Cc2cnc3nc(NC(=O)C(C)C)[nH]c(=O)c3n2)C(=O)C(F)(F)F)cc1)C(=O)OC. The number of rotatable bonds is 24. The standard InChI is InChI=1S/C45H59F3N10O11S2/c1-8-28-21-30(69-35(62)16-15-32(59)49-6)24-57(28)34(61)17-18-44(4,5)71-70-20-19-50-33(60)14-13-31(41(66)68-7)53-39(64)26-9-11-29(12-10-26)58(42(67)45(46,47)48)23-27-22-51-37-36(52-27)40(65)56-43(54-37)55-38(63)25(2)3/h9-12,22,25,28,30-31H,8,13-21,23-24H2,1-7H3,(H,49,59)(H,50,60)(H,53,64)(H2,51,54,55,56,63,65)/t28-,30-,31+/m1/s1. The van der Waals surface area contributed by atoms with Crippen molar-refractivity contribution in [2.75, 3.05) is 43.2 Å². The second kappa shape index (κ2) is 26.2. The zero-order valence-electron chi connectivity index (χ0n) is 40.4. The van der Waals surface area contributed by atoms with Crippen LogP contribution in [0.4, 0.5) is 24.8 Å². The molecular weight excluding hydrogens is 978 g/mol. The van der Waals surface area contributed by atoms with Crippen LogP contribution in [0.2, 0.25) is 0 Å². The van der Waals surface area contributed by atoms with E-state index in [0.29, 0.717) is 36.5 Å². The molecule has 2 aromatic heterocycles. The smallest absolute Gasteiger partial charge is 0.467 e. The highest BCUT2D eigenvalue weighted by Gasteiger charge is 2.43. The lowest BCUT2D eigenvalue weighted by molar-refractivity contribution is -0.170. The Balaban J connectivity index is 1.25. The van der Waals surface area contributed by atoms with Crippen LogP contribution in [0.5, 0.6) is 0 Å². The lowest BCUT2D eigenvalue weighted by Crippen LogP contribution is -2.42. The zero-order valence-corrected chi connectivity index (χ0v) is 42.0. The van der Waals surface area contributed by atoms with Gasteiger partial charge in [0.1, 0.15) is 12.1 Å². The molecule has 4 rings (SSSR count). The Kier molecular flexibility index (Phi) is 21.2. The minimum atomic E-state index is -5.35. The number of hydrogen-bond acceptors (Lipinski definition) is 16. The van der Waals surface area contributed by atoms with E-state index in [1.807, 2.05) is 20.8 Å². The van der Waals surface area contributed by atoms with Gasteiger partial charge in [0, 0.05) is 73.0 Å². The van der Waals surface area contributed by atoms with E-state index in [0.717, 1.165) is 37.6 Å². The van der Waals surface area contributed by atoms with Crippen molar-refractivity contribution in [3.63, 3.8) is 0 Å². The summed E-state index contributed by atoms with van der Waals surface area (Å²) in [6, 6.07) is 3.04. The first-order chi connectivity index (χ1) is 33.4. The Morgan fingerprint density at radius 3 is 2.32 bits per heavy atom. The van der Waals surface area contributed by atoms with Crippen LogP contribution in [0, 0.1) is 5.92 Å². The maximum absolute atomic E-state index is 13.8. The van der Waals surface area contributed by atoms with E-state index in [1.54, 1.807) is 29.5 Å². The molecule has 5 N–H and O–H groups in total. The molecule has 1 saturated heterocycles. The van der Waals surface area contributed by atoms with Crippen LogP contribution < -0.4 is 31.7 Å². The number of amides is 6. The molecule has 0 bridgehead atoms. The van der Waals surface area contributed by atoms with E-state index in [9.17, 15) is 56.3 Å². The number of esters is 2. The molecule has 0 unspecified atom stereocenters. The third kappa shape index (κ3) is 17.5. The van der Waals surface area contributed by atoms with Gasteiger partial charge in [-0.3, -0.25) is 53.6 Å². The Morgan fingerprint density at radius 1 is 0.986 bits per heavy atom. The molecule has 0 spiro atoms. The maximum atomic E-state index is 13.8. The van der Waals surface area contributed by atoms with Crippen LogP contribution in [0.3, 0.4) is 0 Å². The zero-order chi connectivity index (χ0) is 52.6. The van der Waals surface area contributed by atoms with Gasteiger partial charge in [-0.2, -0.15) is 18.2 Å². The molecular formula is C45H59F3N10O11S2. The van der Waals surface area contributed by atoms with Crippen LogP contribution in [0.1, 0.15) is 102 Å². The highest BCUT2D eigenvalue weighted by atomic mass is 33.1. The summed E-state index contributed by atoms with van der Waals surface area (Å²) < 4.78 is 51.5. The summed E-state index contributed by atoms with van der Waals surface area (Å²) in [5, 5.41) is 10.1. The summed E-state index contributed by atoms with van der Waals surface area (Å²) in [6.45, 7) is 8.99. The number of aromatic nitrogens is 4. The van der Waals surface area contributed by atoms with Crippen molar-refractivity contribution < 1.29 is 61.0 Å². The molecule has 388 valence electrons. The molecule has 3 aromatic rings. The quantitative estimate of drug-likeness (QED) is 0.0482. The van der Waals surface area contributed by atoms with Gasteiger partial charge in [-0.05, 0) is 57.4 Å². The summed E-state index contributed by atoms with van der Waals surface area (Å²) in [4.78, 5) is 130. The summed E-state index contributed by atoms with van der Waals surface area (Å²) in [7, 11) is 5.65. The van der Waals surface area contributed by atoms with Gasteiger partial charge >= 0.3 is 24.0 Å². The third-order valence-electron chi connectivity index (χ3n) is 11.0. The number of methoxy groups -OCH3 is 1. The van der Waals surface area contributed by atoms with Crippen LogP contribution in [0.15, 0.2) is 35.3 Å². The number of nitrogens with zero attached hydrogens (tertiary/aromatic N) is 5. The first-order valence-corrected chi connectivity index (χ1v) is 25.0. The monoisotopic (exact) mass is 1040 g/mol. The largest absolute Gasteiger partial charge is 0.471 e. The van der Waals surface area contributed by atoms with Crippen molar-refractivity contribution in [3.8, 4) is 0 Å². The molecule has 1 fully saturated rings. The van der Waals surface area contributed by atoms with Crippen molar-refractivity contribution in [3.05, 3.63) is 52.1 Å². The number of fused-ring (bicyclic) bond motifs is 1. The summed E-state index contributed by atoms with van der Waals surface area (Å²) in [5.41, 5.74) is -2.09. The van der Waals surface area contributed by atoms with E-state index >= 15 is 0 Å². The molecule has 3 atom stereocenters. The molecule has 1 aromatic carbocycles. The van der Waals surface area contributed by atoms with Crippen LogP contribution >= 0.6 is 21.6 Å². The fraction of sp³-hybridized carbons (Fsp3) is 0.556. The molecule has 3 heterocycles. The first-order valence-electron chi connectivity index (χ1n) is 22.7. The number of likely N-dealkylation sites (tertiary alicyclic amines) is 1. The van der Waals surface area contributed by atoms with Gasteiger partial charge < -0.3 is 30.3 Å². The van der Waals surface area contributed by atoms with Gasteiger partial charge in [-0.15, -0.1) is 0 Å². The fourth-order valence-electron chi connectivity index (χ4n) is 7.00. The molecule has 0 saturated carbocycles. The van der Waals surface area contributed by atoms with Gasteiger partial charge in [-0.1, -0.05) is 42.4 Å². The fourth-order valence-corrected chi connectivity index (χ4v) is 9.48. The summed E-state index contributed by atoms with van der Waals surface area (Å²) >= 11 is 0. The predicted octanol–water partition coefficient (Wildman–Crippen LogP) is 3.96. The lowest BCUT2D eigenvalue weighted by Gasteiger charge is -2.27. The maximum Gasteiger partial charge on any atom is 0.471 e. The van der Waals surface area contributed by atoms with Gasteiger partial charge in [0.15, 0.2) is 11.2 Å². The van der Waals surface area contributed by atoms with E-state index in [-0.39, 0.29) is 95.3 Å². The van der Waals surface area contributed by atoms with Gasteiger partial charge in [0.2, 0.25) is 29.6 Å². The van der Waals surface area contributed by atoms with Gasteiger partial charge in [0.25, 0.3) is 11.5 Å². The molecule has 1 aliphatic heterocycles. The average Bonchev–Trinajstić information content (AvgIpc) is 3.74. The Bertz CT molecular complexity index is 2480. The average molecular weight is 1040 g/mol. The number of aromatic amines is 1. The predicted molar refractivity (Wildman–Crippen MR) is 258 cm³/mol. The number of halogens is 3. The topological polar surface area (TPSA) is 281 Å². The third-order valence-corrected chi connectivity index (χ3v) is 14.3. The lowest BCUT2D eigenvalue weighted by atomic mass is 10.1. The van der Waals surface area contributed by atoms with Crippen molar-refractivity contribution >= 4 is 91.8 Å². The van der Waals surface area contributed by atoms with Crippen molar-refractivity contribution in [2.24, 2.45) is 5.92 Å². The number of benzene rings is 1. The van der Waals surface area contributed by atoms with E-state index < -0.39 is 71.9 Å². The molecule has 26 heteroatoms. The van der Waals surface area contributed by atoms with Crippen molar-refractivity contribution in [2.45, 2.75) is 122 Å². The number of carbonyl (C=O) groups is 8. The summed E-state index contributed by atoms with van der Waals surface area (Å²) in [6.07, 6.45) is -3.01. The number of hydrogen-bond donors (Lipinski definition) is 5. The Morgan fingerprint density at radius 2 is 1.69 bits per heavy atom. The number of anilines is 2. The summed E-state index contributed by atoms with van der Waals surface area (Å²) in [5.74, 6) is -5.75. The van der Waals surface area contributed by atoms with Gasteiger partial charge in [0.05, 0.1) is 38.5 Å². The minimum absolute atomic E-state index is 0.0305. The highest BCUT2D eigenvalue weighted by Crippen LogP contribution is 2.39. The number of carbonyl (C=O) groups excluding carboxylic acids is 8. The normalized spacial score (nSPS) is 15.2. The van der Waals surface area contributed by atoms with E-state index in [2.05, 4.69) is 41.2 Å². The van der Waals surface area contributed by atoms with Crippen molar-refractivity contribution in [1.82, 2.24) is 40.8 Å². The molecule has 6 amide bonds. The van der Waals surface area contributed by atoms with Crippen LogP contribution in [-0.2, 0) is 49.6 Å². The number of alkyl halides is 3. The molecule has 0 aliphatic carbocycles. The molecule has 0 radical (unpaired) electrons. The minimum Gasteiger partial charge on any atom is -0.467 e. The molecule has 1 aliphatic rings. The van der Waals surface area contributed by atoms with Crippen LogP contribution in [-0.4, -0.2) is 134 Å². The van der Waals surface area contributed by atoms with Crippen molar-refractivity contribution in [1.29, 1.82) is 0 Å². The molecule has 71 heavy (non-hydrogen) atoms. The van der Waals surface area contributed by atoms with Gasteiger partial charge in [-0.25, -0.2) is 14.8 Å². The second-order valence-corrected chi connectivity index (χ2v) is 20.4. The Labute approximate surface area is 415 Å². The number of ether oxygens (including phenoxy) is 2.